The van der Waals surface area contributed by atoms with E-state index in [-0.39, 0.29) is 13.0 Å². The molecule has 106 valence electrons. The van der Waals surface area contributed by atoms with Crippen molar-refractivity contribution in [3.8, 4) is 11.4 Å². The van der Waals surface area contributed by atoms with Gasteiger partial charge in [0.1, 0.15) is 0 Å². The molecule has 0 aliphatic heterocycles. The first-order valence-corrected chi connectivity index (χ1v) is 6.25. The summed E-state index contributed by atoms with van der Waals surface area (Å²) in [5.74, 6) is -0.466. The molecule has 0 bridgehead atoms. The fraction of sp³-hybridized carbons (Fsp3) is 0.333. The molecule has 0 radical (unpaired) electrons. The maximum absolute atomic E-state index is 10.7. The molecule has 0 aliphatic rings. The van der Waals surface area contributed by atoms with Crippen LogP contribution >= 0.6 is 11.6 Å². The number of halogens is 1. The van der Waals surface area contributed by atoms with Crippen LogP contribution in [0.25, 0.3) is 11.4 Å². The summed E-state index contributed by atoms with van der Waals surface area (Å²) >= 11 is 6.11. The number of methoxy groups -OCH3 is 1. The highest BCUT2D eigenvalue weighted by molar-refractivity contribution is 6.33. The first kappa shape index (κ1) is 14.4. The van der Waals surface area contributed by atoms with Gasteiger partial charge in [0, 0.05) is 12.7 Å². The van der Waals surface area contributed by atoms with Gasteiger partial charge in [0.2, 0.25) is 0 Å². The molecule has 1 unspecified atom stereocenters. The second kappa shape index (κ2) is 6.44. The van der Waals surface area contributed by atoms with E-state index in [9.17, 15) is 4.79 Å². The Bertz CT molecular complexity index is 602. The highest BCUT2D eigenvalue weighted by atomic mass is 35.5. The Morgan fingerprint density at radius 3 is 2.90 bits per heavy atom. The minimum atomic E-state index is -0.941. The molecule has 20 heavy (non-hydrogen) atoms. The summed E-state index contributed by atoms with van der Waals surface area (Å²) in [6.07, 6.45) is -0.643. The molecule has 1 N–H and O–H groups in total. The zero-order chi connectivity index (χ0) is 14.5. The molecule has 1 heterocycles. The maximum atomic E-state index is 10.7. The average Bonchev–Trinajstić information content (AvgIpc) is 2.86. The van der Waals surface area contributed by atoms with E-state index in [1.807, 2.05) is 12.1 Å². The van der Waals surface area contributed by atoms with Gasteiger partial charge in [-0.15, -0.1) is 5.10 Å². The lowest BCUT2D eigenvalue weighted by atomic mass is 10.2. The number of aliphatic carboxylic acids is 1. The van der Waals surface area contributed by atoms with E-state index >= 15 is 0 Å². The highest BCUT2D eigenvalue weighted by Gasteiger charge is 2.18. The van der Waals surface area contributed by atoms with Crippen molar-refractivity contribution >= 4 is 17.6 Å². The monoisotopic (exact) mass is 296 g/mol. The van der Waals surface area contributed by atoms with Gasteiger partial charge in [0.05, 0.1) is 24.1 Å². The Hall–Kier alpha value is -1.99. The Morgan fingerprint density at radius 2 is 2.25 bits per heavy atom. The molecule has 1 aromatic carbocycles. The van der Waals surface area contributed by atoms with Gasteiger partial charge in [0.15, 0.2) is 5.82 Å². The number of rotatable bonds is 6. The van der Waals surface area contributed by atoms with Crippen LogP contribution in [0.2, 0.25) is 5.02 Å². The van der Waals surface area contributed by atoms with Gasteiger partial charge in [-0.05, 0) is 22.6 Å². The molecule has 0 amide bonds. The first-order chi connectivity index (χ1) is 9.61. The third-order valence-electron chi connectivity index (χ3n) is 2.76. The number of hydrogen-bond acceptors (Lipinski definition) is 5. The molecule has 8 heteroatoms. The van der Waals surface area contributed by atoms with Crippen molar-refractivity contribution in [2.45, 2.75) is 19.1 Å². The molecule has 2 aromatic rings. The number of nitrogens with zero attached hydrogens (tertiary/aromatic N) is 4. The van der Waals surface area contributed by atoms with E-state index in [2.05, 4.69) is 15.5 Å². The van der Waals surface area contributed by atoms with Crippen molar-refractivity contribution < 1.29 is 14.6 Å². The Morgan fingerprint density at radius 1 is 1.50 bits per heavy atom. The number of carbonyl (C=O) groups is 1. The predicted molar refractivity (Wildman–Crippen MR) is 71.3 cm³/mol. The SMILES string of the molecule is COC(CC(=O)O)Cn1nnnc1-c1ccccc1Cl. The lowest BCUT2D eigenvalue weighted by Gasteiger charge is -2.13. The number of tetrazole rings is 1. The number of carboxylic acids is 1. The molecular formula is C12H13ClN4O3. The van der Waals surface area contributed by atoms with E-state index in [1.54, 1.807) is 12.1 Å². The van der Waals surface area contributed by atoms with Crippen LogP contribution in [0.15, 0.2) is 24.3 Å². The third-order valence-corrected chi connectivity index (χ3v) is 3.09. The summed E-state index contributed by atoms with van der Waals surface area (Å²) < 4.78 is 6.61. The standard InChI is InChI=1S/C12H13ClN4O3/c1-20-8(6-11(18)19)7-17-12(14-15-16-17)9-4-2-3-5-10(9)13/h2-5,8H,6-7H2,1H3,(H,18,19). The van der Waals surface area contributed by atoms with Crippen LogP contribution in [0.1, 0.15) is 6.42 Å². The van der Waals surface area contributed by atoms with Crippen molar-refractivity contribution in [1.82, 2.24) is 20.2 Å². The lowest BCUT2D eigenvalue weighted by molar-refractivity contribution is -0.139. The maximum Gasteiger partial charge on any atom is 0.306 e. The van der Waals surface area contributed by atoms with Crippen molar-refractivity contribution in [2.24, 2.45) is 0 Å². The molecular weight excluding hydrogens is 284 g/mol. The van der Waals surface area contributed by atoms with Crippen LogP contribution in [-0.2, 0) is 16.1 Å². The largest absolute Gasteiger partial charge is 0.481 e. The molecule has 1 atom stereocenters. The molecule has 0 saturated carbocycles. The van der Waals surface area contributed by atoms with Gasteiger partial charge in [-0.25, -0.2) is 4.68 Å². The topological polar surface area (TPSA) is 90.1 Å². The summed E-state index contributed by atoms with van der Waals surface area (Å²) in [6.45, 7) is 0.232. The predicted octanol–water partition coefficient (Wildman–Crippen LogP) is 1.48. The van der Waals surface area contributed by atoms with E-state index in [1.165, 1.54) is 11.8 Å². The minimum Gasteiger partial charge on any atom is -0.481 e. The molecule has 0 spiro atoms. The summed E-state index contributed by atoms with van der Waals surface area (Å²) in [5, 5.41) is 20.7. The average molecular weight is 297 g/mol. The van der Waals surface area contributed by atoms with Crippen LogP contribution in [0.5, 0.6) is 0 Å². The van der Waals surface area contributed by atoms with E-state index < -0.39 is 12.1 Å². The summed E-state index contributed by atoms with van der Waals surface area (Å²) in [5.41, 5.74) is 0.685. The zero-order valence-electron chi connectivity index (χ0n) is 10.7. The van der Waals surface area contributed by atoms with Crippen molar-refractivity contribution in [1.29, 1.82) is 0 Å². The zero-order valence-corrected chi connectivity index (χ0v) is 11.5. The Balaban J connectivity index is 2.25. The second-order valence-corrected chi connectivity index (χ2v) is 4.53. The van der Waals surface area contributed by atoms with Gasteiger partial charge in [-0.1, -0.05) is 23.7 Å². The van der Waals surface area contributed by atoms with E-state index in [0.717, 1.165) is 0 Å². The van der Waals surface area contributed by atoms with Gasteiger partial charge < -0.3 is 9.84 Å². The van der Waals surface area contributed by atoms with Gasteiger partial charge in [-0.2, -0.15) is 0 Å². The Kier molecular flexibility index (Phi) is 4.65. The second-order valence-electron chi connectivity index (χ2n) is 4.12. The number of ether oxygens (including phenoxy) is 1. The number of benzene rings is 1. The van der Waals surface area contributed by atoms with Gasteiger partial charge >= 0.3 is 5.97 Å². The molecule has 0 saturated heterocycles. The summed E-state index contributed by atoms with van der Waals surface area (Å²) in [7, 11) is 1.45. The van der Waals surface area contributed by atoms with Crippen LogP contribution in [0.4, 0.5) is 0 Å². The van der Waals surface area contributed by atoms with Crippen LogP contribution < -0.4 is 0 Å². The van der Waals surface area contributed by atoms with Crippen molar-refractivity contribution in [3.05, 3.63) is 29.3 Å². The Labute approximate surface area is 120 Å². The van der Waals surface area contributed by atoms with Crippen LogP contribution in [0, 0.1) is 0 Å². The first-order valence-electron chi connectivity index (χ1n) is 5.87. The number of aromatic nitrogens is 4. The van der Waals surface area contributed by atoms with Crippen molar-refractivity contribution in [2.75, 3.05) is 7.11 Å². The van der Waals surface area contributed by atoms with Crippen LogP contribution in [-0.4, -0.2) is 44.5 Å². The molecule has 2 rings (SSSR count). The fourth-order valence-corrected chi connectivity index (χ4v) is 1.99. The van der Waals surface area contributed by atoms with E-state index in [4.69, 9.17) is 21.4 Å². The summed E-state index contributed by atoms with van der Waals surface area (Å²) in [4.78, 5) is 10.7. The van der Waals surface area contributed by atoms with Crippen LogP contribution in [0.3, 0.4) is 0 Å². The number of carboxylic acid groups (broad SMARTS) is 1. The number of hydrogen-bond donors (Lipinski definition) is 1. The highest BCUT2D eigenvalue weighted by Crippen LogP contribution is 2.25. The molecule has 7 nitrogen and oxygen atoms in total. The normalized spacial score (nSPS) is 12.3. The van der Waals surface area contributed by atoms with Crippen molar-refractivity contribution in [3.63, 3.8) is 0 Å². The molecule has 0 aliphatic carbocycles. The smallest absolute Gasteiger partial charge is 0.306 e. The van der Waals surface area contributed by atoms with Gasteiger partial charge in [-0.3, -0.25) is 4.79 Å². The molecule has 0 fully saturated rings. The lowest BCUT2D eigenvalue weighted by Crippen LogP contribution is -2.23. The van der Waals surface area contributed by atoms with E-state index in [0.29, 0.717) is 16.4 Å². The quantitative estimate of drug-likeness (QED) is 0.868. The fourth-order valence-electron chi connectivity index (χ4n) is 1.77. The minimum absolute atomic E-state index is 0.127. The summed E-state index contributed by atoms with van der Waals surface area (Å²) in [6, 6.07) is 7.16. The third kappa shape index (κ3) is 3.31. The van der Waals surface area contributed by atoms with Gasteiger partial charge in [0.25, 0.3) is 0 Å². The molecule has 1 aromatic heterocycles.